The molecule has 1 aliphatic carbocycles. The summed E-state index contributed by atoms with van der Waals surface area (Å²) >= 11 is 0. The van der Waals surface area contributed by atoms with Crippen LogP contribution in [0.4, 0.5) is 4.39 Å². The fraction of sp³-hybridized carbons (Fsp3) is 0.263. The van der Waals surface area contributed by atoms with Crippen molar-refractivity contribution >= 4 is 0 Å². The van der Waals surface area contributed by atoms with Gasteiger partial charge in [0.25, 0.3) is 0 Å². The molecule has 0 aliphatic heterocycles. The van der Waals surface area contributed by atoms with Gasteiger partial charge in [0.1, 0.15) is 0 Å². The Morgan fingerprint density at radius 2 is 1.90 bits per heavy atom. The third-order valence-corrected chi connectivity index (χ3v) is 3.05. The minimum Gasteiger partial charge on any atom is -0.216 e. The molecule has 106 valence electrons. The summed E-state index contributed by atoms with van der Waals surface area (Å²) in [5.41, 5.74) is 6.55. The predicted octanol–water partition coefficient (Wildman–Crippen LogP) is 6.14. The first-order chi connectivity index (χ1) is 9.43. The van der Waals surface area contributed by atoms with Gasteiger partial charge in [-0.15, -0.1) is 0 Å². The third-order valence-electron chi connectivity index (χ3n) is 3.05. The molecule has 0 saturated carbocycles. The van der Waals surface area contributed by atoms with Gasteiger partial charge in [0.15, 0.2) is 0 Å². The van der Waals surface area contributed by atoms with E-state index in [2.05, 4.69) is 31.7 Å². The van der Waals surface area contributed by atoms with Gasteiger partial charge in [-0.05, 0) is 56.9 Å². The molecule has 1 rings (SSSR count). The second-order valence-electron chi connectivity index (χ2n) is 5.42. The molecule has 0 fully saturated rings. The maximum atomic E-state index is 12.7. The largest absolute Gasteiger partial charge is 0.216 e. The average molecular weight is 270 g/mol. The van der Waals surface area contributed by atoms with Crippen LogP contribution in [0.2, 0.25) is 0 Å². The molecule has 0 heterocycles. The summed E-state index contributed by atoms with van der Waals surface area (Å²) in [5.74, 6) is 0. The van der Waals surface area contributed by atoms with Gasteiger partial charge in [-0.2, -0.15) is 0 Å². The van der Waals surface area contributed by atoms with E-state index in [1.54, 1.807) is 0 Å². The molecule has 0 amide bonds. The van der Waals surface area contributed by atoms with Crippen molar-refractivity contribution in [2.45, 2.75) is 34.1 Å². The average Bonchev–Trinajstić information content (AvgIpc) is 2.56. The van der Waals surface area contributed by atoms with E-state index in [4.69, 9.17) is 0 Å². The molecule has 20 heavy (non-hydrogen) atoms. The van der Waals surface area contributed by atoms with E-state index in [0.29, 0.717) is 6.33 Å². The molecule has 0 nitrogen and oxygen atoms in total. The lowest BCUT2D eigenvalue weighted by Crippen LogP contribution is -1.90. The smallest absolute Gasteiger partial charge is 0.0872 e. The topological polar surface area (TPSA) is 0 Å². The fourth-order valence-corrected chi connectivity index (χ4v) is 1.92. The van der Waals surface area contributed by atoms with Crippen LogP contribution in [0.25, 0.3) is 0 Å². The van der Waals surface area contributed by atoms with Crippen LogP contribution in [0.15, 0.2) is 82.8 Å². The highest BCUT2D eigenvalue weighted by Gasteiger charge is 2.08. The van der Waals surface area contributed by atoms with E-state index >= 15 is 0 Å². The molecule has 0 bridgehead atoms. The Balaban J connectivity index is 3.28. The Bertz CT molecular complexity index is 557. The van der Waals surface area contributed by atoms with Gasteiger partial charge in [0.2, 0.25) is 0 Å². The Hall–Kier alpha value is -1.89. The minimum absolute atomic E-state index is 0.597. The van der Waals surface area contributed by atoms with Crippen molar-refractivity contribution < 1.29 is 4.39 Å². The molecular formula is C19H23F. The Morgan fingerprint density at radius 3 is 2.45 bits per heavy atom. The maximum absolute atomic E-state index is 12.7. The lowest BCUT2D eigenvalue weighted by atomic mass is 9.96. The van der Waals surface area contributed by atoms with Gasteiger partial charge in [0.05, 0.1) is 6.33 Å². The van der Waals surface area contributed by atoms with Crippen LogP contribution in [0.5, 0.6) is 0 Å². The first kappa shape index (κ1) is 16.2. The quantitative estimate of drug-likeness (QED) is 0.538. The molecule has 0 atom stereocenters. The van der Waals surface area contributed by atoms with Gasteiger partial charge >= 0.3 is 0 Å². The normalized spacial score (nSPS) is 16.2. The van der Waals surface area contributed by atoms with Gasteiger partial charge < -0.3 is 0 Å². The molecule has 1 aliphatic rings. The highest BCUT2D eigenvalue weighted by Crippen LogP contribution is 2.27. The molecule has 0 aromatic heterocycles. The molecule has 0 spiro atoms. The van der Waals surface area contributed by atoms with Crippen LogP contribution in [0.1, 0.15) is 34.1 Å². The Morgan fingerprint density at radius 1 is 1.20 bits per heavy atom. The monoisotopic (exact) mass is 270 g/mol. The van der Waals surface area contributed by atoms with Crippen LogP contribution in [-0.2, 0) is 0 Å². The third kappa shape index (κ3) is 5.00. The van der Waals surface area contributed by atoms with Crippen LogP contribution in [-0.4, -0.2) is 0 Å². The lowest BCUT2D eigenvalue weighted by molar-refractivity contribution is 0.720. The standard InChI is InChI=1S/C19H23F/c1-14(2)6-8-17(10-11-20)19-12-16(5)7-9-18(13-19)15(3)4/h6-11,13H,3,12H2,1-2,4-5H3/b11-10+,17-8+. The minimum atomic E-state index is 0.597. The van der Waals surface area contributed by atoms with Crippen molar-refractivity contribution in [2.24, 2.45) is 0 Å². The lowest BCUT2D eigenvalue weighted by Gasteiger charge is -2.09. The van der Waals surface area contributed by atoms with Crippen molar-refractivity contribution in [3.63, 3.8) is 0 Å². The van der Waals surface area contributed by atoms with Crippen LogP contribution < -0.4 is 0 Å². The first-order valence-electron chi connectivity index (χ1n) is 6.80. The summed E-state index contributed by atoms with van der Waals surface area (Å²) < 4.78 is 12.7. The maximum Gasteiger partial charge on any atom is 0.0872 e. The zero-order valence-corrected chi connectivity index (χ0v) is 12.8. The summed E-state index contributed by atoms with van der Waals surface area (Å²) in [6.45, 7) is 12.1. The fourth-order valence-electron chi connectivity index (χ4n) is 1.92. The van der Waals surface area contributed by atoms with Crippen molar-refractivity contribution in [3.8, 4) is 0 Å². The van der Waals surface area contributed by atoms with Gasteiger partial charge in [-0.25, -0.2) is 4.39 Å². The van der Waals surface area contributed by atoms with E-state index in [-0.39, 0.29) is 0 Å². The number of hydrogen-bond donors (Lipinski definition) is 0. The molecule has 0 aromatic rings. The summed E-state index contributed by atoms with van der Waals surface area (Å²) in [7, 11) is 0. The predicted molar refractivity (Wildman–Crippen MR) is 87.1 cm³/mol. The Kier molecular flexibility index (Phi) is 6.17. The molecule has 1 heteroatoms. The highest BCUT2D eigenvalue weighted by molar-refractivity contribution is 5.53. The summed E-state index contributed by atoms with van der Waals surface area (Å²) in [6.07, 6.45) is 13.2. The van der Waals surface area contributed by atoms with Gasteiger partial charge in [-0.1, -0.05) is 53.7 Å². The van der Waals surface area contributed by atoms with E-state index in [0.717, 1.165) is 28.7 Å². The molecular weight excluding hydrogens is 247 g/mol. The second kappa shape index (κ2) is 7.64. The zero-order chi connectivity index (χ0) is 15.1. The van der Waals surface area contributed by atoms with Gasteiger partial charge in [-0.3, -0.25) is 0 Å². The van der Waals surface area contributed by atoms with Crippen molar-refractivity contribution in [2.75, 3.05) is 0 Å². The molecule has 0 saturated heterocycles. The molecule has 0 unspecified atom stereocenters. The van der Waals surface area contributed by atoms with Crippen molar-refractivity contribution in [1.82, 2.24) is 0 Å². The van der Waals surface area contributed by atoms with E-state index in [1.165, 1.54) is 17.2 Å². The van der Waals surface area contributed by atoms with Crippen LogP contribution >= 0.6 is 0 Å². The van der Waals surface area contributed by atoms with E-state index < -0.39 is 0 Å². The molecule has 0 N–H and O–H groups in total. The highest BCUT2D eigenvalue weighted by atomic mass is 19.1. The Labute approximate surface area is 122 Å². The van der Waals surface area contributed by atoms with Crippen LogP contribution in [0.3, 0.4) is 0 Å². The number of hydrogen-bond acceptors (Lipinski definition) is 0. The molecule has 0 aromatic carbocycles. The van der Waals surface area contributed by atoms with E-state index in [1.807, 2.05) is 32.9 Å². The summed E-state index contributed by atoms with van der Waals surface area (Å²) in [5, 5.41) is 0. The van der Waals surface area contributed by atoms with Crippen LogP contribution in [0, 0.1) is 0 Å². The molecule has 0 radical (unpaired) electrons. The zero-order valence-electron chi connectivity index (χ0n) is 12.8. The van der Waals surface area contributed by atoms with E-state index in [9.17, 15) is 4.39 Å². The summed E-state index contributed by atoms with van der Waals surface area (Å²) in [6, 6.07) is 0. The first-order valence-corrected chi connectivity index (χ1v) is 6.80. The summed E-state index contributed by atoms with van der Waals surface area (Å²) in [4.78, 5) is 0. The number of rotatable bonds is 4. The van der Waals surface area contributed by atoms with Crippen molar-refractivity contribution in [1.29, 1.82) is 0 Å². The number of halogens is 1. The number of allylic oxidation sites excluding steroid dienone is 12. The SMILES string of the molecule is C=C(C)C1=CC=C(C)CC(C(/C=C/F)=C/C=C(C)C)=C1. The van der Waals surface area contributed by atoms with Crippen molar-refractivity contribution in [3.05, 3.63) is 82.8 Å². The van der Waals surface area contributed by atoms with Gasteiger partial charge in [0, 0.05) is 0 Å². The second-order valence-corrected chi connectivity index (χ2v) is 5.42.